The first kappa shape index (κ1) is 12.1. The van der Waals surface area contributed by atoms with Crippen molar-refractivity contribution in [1.29, 1.82) is 0 Å². The van der Waals surface area contributed by atoms with E-state index in [4.69, 9.17) is 0 Å². The van der Waals surface area contributed by atoms with Crippen molar-refractivity contribution in [3.8, 4) is 0 Å². The third-order valence-electron chi connectivity index (χ3n) is 3.95. The SMILES string of the molecule is O=C1C2CC=CCC2C(=O)N1CCCc1ncc[nH]1. The van der Waals surface area contributed by atoms with Crippen LogP contribution in [0.25, 0.3) is 0 Å². The Balaban J connectivity index is 1.59. The second-order valence-corrected chi connectivity index (χ2v) is 5.12. The largest absolute Gasteiger partial charge is 0.349 e. The number of allylic oxidation sites excluding steroid dienone is 2. The zero-order valence-corrected chi connectivity index (χ0v) is 10.7. The molecule has 0 radical (unpaired) electrons. The van der Waals surface area contributed by atoms with Crippen molar-refractivity contribution in [2.45, 2.75) is 25.7 Å². The number of imide groups is 1. The lowest BCUT2D eigenvalue weighted by atomic mass is 9.85. The van der Waals surface area contributed by atoms with E-state index in [9.17, 15) is 9.59 Å². The van der Waals surface area contributed by atoms with Gasteiger partial charge in [0, 0.05) is 25.4 Å². The van der Waals surface area contributed by atoms with Gasteiger partial charge in [0.15, 0.2) is 0 Å². The number of likely N-dealkylation sites (tertiary alicyclic amines) is 1. The van der Waals surface area contributed by atoms with Crippen LogP contribution < -0.4 is 0 Å². The molecule has 1 aromatic heterocycles. The van der Waals surface area contributed by atoms with Crippen LogP contribution in [0.2, 0.25) is 0 Å². The number of aryl methyl sites for hydroxylation is 1. The van der Waals surface area contributed by atoms with Crippen LogP contribution >= 0.6 is 0 Å². The first-order chi connectivity index (χ1) is 9.27. The molecule has 1 aliphatic carbocycles. The van der Waals surface area contributed by atoms with Crippen LogP contribution in [0.1, 0.15) is 25.1 Å². The van der Waals surface area contributed by atoms with Crippen molar-refractivity contribution in [2.24, 2.45) is 11.8 Å². The number of H-pyrrole nitrogens is 1. The third kappa shape index (κ3) is 2.20. The van der Waals surface area contributed by atoms with Gasteiger partial charge in [-0.15, -0.1) is 0 Å². The van der Waals surface area contributed by atoms with Gasteiger partial charge >= 0.3 is 0 Å². The minimum atomic E-state index is -0.110. The molecule has 0 aromatic carbocycles. The minimum Gasteiger partial charge on any atom is -0.349 e. The molecule has 100 valence electrons. The van der Waals surface area contributed by atoms with Crippen LogP contribution in [0.15, 0.2) is 24.5 Å². The summed E-state index contributed by atoms with van der Waals surface area (Å²) in [6.07, 6.45) is 10.5. The van der Waals surface area contributed by atoms with Gasteiger partial charge < -0.3 is 4.98 Å². The smallest absolute Gasteiger partial charge is 0.233 e. The van der Waals surface area contributed by atoms with E-state index in [0.29, 0.717) is 19.4 Å². The second kappa shape index (κ2) is 4.99. The number of hydrogen-bond acceptors (Lipinski definition) is 3. The molecule has 19 heavy (non-hydrogen) atoms. The fraction of sp³-hybridized carbons (Fsp3) is 0.500. The summed E-state index contributed by atoms with van der Waals surface area (Å²) in [7, 11) is 0. The monoisotopic (exact) mass is 259 g/mol. The van der Waals surface area contributed by atoms with Crippen molar-refractivity contribution in [3.63, 3.8) is 0 Å². The molecule has 1 fully saturated rings. The summed E-state index contributed by atoms with van der Waals surface area (Å²) >= 11 is 0. The van der Waals surface area contributed by atoms with Gasteiger partial charge in [-0.2, -0.15) is 0 Å². The zero-order chi connectivity index (χ0) is 13.2. The predicted octanol–water partition coefficient (Wildman–Crippen LogP) is 1.29. The van der Waals surface area contributed by atoms with Gasteiger partial charge in [-0.05, 0) is 19.3 Å². The van der Waals surface area contributed by atoms with E-state index in [2.05, 4.69) is 9.97 Å². The number of amides is 2. The Kier molecular flexibility index (Phi) is 3.19. The molecule has 1 aliphatic heterocycles. The highest BCUT2D eigenvalue weighted by Crippen LogP contribution is 2.34. The molecule has 0 bridgehead atoms. The molecule has 0 spiro atoms. The molecule has 0 saturated carbocycles. The van der Waals surface area contributed by atoms with E-state index < -0.39 is 0 Å². The van der Waals surface area contributed by atoms with Crippen molar-refractivity contribution in [2.75, 3.05) is 6.54 Å². The van der Waals surface area contributed by atoms with Crippen LogP contribution in [-0.4, -0.2) is 33.2 Å². The van der Waals surface area contributed by atoms with Crippen molar-refractivity contribution < 1.29 is 9.59 Å². The van der Waals surface area contributed by atoms with E-state index in [-0.39, 0.29) is 23.7 Å². The molecule has 2 atom stereocenters. The lowest BCUT2D eigenvalue weighted by Crippen LogP contribution is -2.32. The maximum atomic E-state index is 12.2. The van der Waals surface area contributed by atoms with E-state index in [1.54, 1.807) is 12.4 Å². The lowest BCUT2D eigenvalue weighted by molar-refractivity contribution is -0.139. The summed E-state index contributed by atoms with van der Waals surface area (Å²) in [5, 5.41) is 0. The number of nitrogens with one attached hydrogen (secondary N) is 1. The Morgan fingerprint density at radius 2 is 1.89 bits per heavy atom. The average molecular weight is 259 g/mol. The van der Waals surface area contributed by atoms with Crippen LogP contribution in [0.5, 0.6) is 0 Å². The summed E-state index contributed by atoms with van der Waals surface area (Å²) in [4.78, 5) is 33.0. The maximum Gasteiger partial charge on any atom is 0.233 e. The van der Waals surface area contributed by atoms with Gasteiger partial charge in [-0.25, -0.2) is 4.98 Å². The number of imidazole rings is 1. The summed E-state index contributed by atoms with van der Waals surface area (Å²) in [5.41, 5.74) is 0. The number of carbonyl (C=O) groups excluding carboxylic acids is 2. The summed E-state index contributed by atoms with van der Waals surface area (Å²) in [5.74, 6) is 0.706. The fourth-order valence-electron chi connectivity index (χ4n) is 2.93. The number of aromatic nitrogens is 2. The maximum absolute atomic E-state index is 12.2. The molecule has 5 heteroatoms. The third-order valence-corrected chi connectivity index (χ3v) is 3.95. The highest BCUT2D eigenvalue weighted by atomic mass is 16.2. The molecule has 2 amide bonds. The number of hydrogen-bond donors (Lipinski definition) is 1. The molecular weight excluding hydrogens is 242 g/mol. The number of aromatic amines is 1. The van der Waals surface area contributed by atoms with Gasteiger partial charge in [0.2, 0.25) is 11.8 Å². The van der Waals surface area contributed by atoms with Gasteiger partial charge in [0.05, 0.1) is 11.8 Å². The van der Waals surface area contributed by atoms with E-state index >= 15 is 0 Å². The van der Waals surface area contributed by atoms with Crippen molar-refractivity contribution >= 4 is 11.8 Å². The second-order valence-electron chi connectivity index (χ2n) is 5.12. The van der Waals surface area contributed by atoms with Crippen LogP contribution in [0.4, 0.5) is 0 Å². The highest BCUT2D eigenvalue weighted by molar-refractivity contribution is 6.05. The highest BCUT2D eigenvalue weighted by Gasteiger charge is 2.46. The summed E-state index contributed by atoms with van der Waals surface area (Å²) < 4.78 is 0. The van der Waals surface area contributed by atoms with Gasteiger partial charge in [0.25, 0.3) is 0 Å². The molecule has 2 heterocycles. The normalized spacial score (nSPS) is 26.0. The number of fused-ring (bicyclic) bond motifs is 1. The topological polar surface area (TPSA) is 66.1 Å². The first-order valence-corrected chi connectivity index (χ1v) is 6.76. The fourth-order valence-corrected chi connectivity index (χ4v) is 2.93. The van der Waals surface area contributed by atoms with Crippen LogP contribution in [0, 0.1) is 11.8 Å². The van der Waals surface area contributed by atoms with Crippen molar-refractivity contribution in [1.82, 2.24) is 14.9 Å². The lowest BCUT2D eigenvalue weighted by Gasteiger charge is -2.14. The molecule has 5 nitrogen and oxygen atoms in total. The Morgan fingerprint density at radius 1 is 1.21 bits per heavy atom. The molecule has 3 rings (SSSR count). The summed E-state index contributed by atoms with van der Waals surface area (Å²) in [6.45, 7) is 0.505. The molecule has 2 unspecified atom stereocenters. The van der Waals surface area contributed by atoms with Crippen LogP contribution in [0.3, 0.4) is 0 Å². The van der Waals surface area contributed by atoms with E-state index in [1.807, 2.05) is 12.2 Å². The Morgan fingerprint density at radius 3 is 2.47 bits per heavy atom. The molecule has 2 aliphatic rings. The summed E-state index contributed by atoms with van der Waals surface area (Å²) in [6, 6.07) is 0. The van der Waals surface area contributed by atoms with E-state index in [0.717, 1.165) is 18.7 Å². The molecule has 1 N–H and O–H groups in total. The van der Waals surface area contributed by atoms with Crippen LogP contribution in [-0.2, 0) is 16.0 Å². The quantitative estimate of drug-likeness (QED) is 0.654. The molecule has 1 saturated heterocycles. The molecule has 1 aromatic rings. The first-order valence-electron chi connectivity index (χ1n) is 6.76. The Bertz CT molecular complexity index is 481. The zero-order valence-electron chi connectivity index (χ0n) is 10.7. The standard InChI is InChI=1S/C14H17N3O2/c18-13-10-4-1-2-5-11(10)14(19)17(13)9-3-6-12-15-7-8-16-12/h1-2,7-8,10-11H,3-6,9H2,(H,15,16). The average Bonchev–Trinajstić information content (AvgIpc) is 3.02. The van der Waals surface area contributed by atoms with E-state index in [1.165, 1.54) is 4.90 Å². The van der Waals surface area contributed by atoms with Gasteiger partial charge in [-0.3, -0.25) is 14.5 Å². The van der Waals surface area contributed by atoms with Crippen molar-refractivity contribution in [3.05, 3.63) is 30.4 Å². The van der Waals surface area contributed by atoms with Gasteiger partial charge in [0.1, 0.15) is 5.82 Å². The molecular formula is C14H17N3O2. The number of rotatable bonds is 4. The Labute approximate surface area is 111 Å². The number of nitrogens with zero attached hydrogens (tertiary/aromatic N) is 2. The van der Waals surface area contributed by atoms with Gasteiger partial charge in [-0.1, -0.05) is 12.2 Å². The minimum absolute atomic E-state index is 0.0128. The predicted molar refractivity (Wildman–Crippen MR) is 69.0 cm³/mol. The number of carbonyl (C=O) groups is 2. The Hall–Kier alpha value is -1.91.